The maximum absolute atomic E-state index is 4.71. The van der Waals surface area contributed by atoms with Crippen LogP contribution in [0.25, 0.3) is 0 Å². The summed E-state index contributed by atoms with van der Waals surface area (Å²) in [6.07, 6.45) is 4.11. The molecule has 0 radical (unpaired) electrons. The van der Waals surface area contributed by atoms with E-state index >= 15 is 0 Å². The molecule has 0 aromatic carbocycles. The molecule has 1 aliphatic heterocycles. The summed E-state index contributed by atoms with van der Waals surface area (Å²) in [5.74, 6) is 1.06. The van der Waals surface area contributed by atoms with E-state index in [0.29, 0.717) is 0 Å². The molecule has 16 heavy (non-hydrogen) atoms. The van der Waals surface area contributed by atoms with Gasteiger partial charge in [-0.3, -0.25) is 4.99 Å². The number of rotatable bonds is 2. The highest BCUT2D eigenvalue weighted by Crippen LogP contribution is 2.29. The molecule has 0 bridgehead atoms. The van der Waals surface area contributed by atoms with Crippen molar-refractivity contribution < 1.29 is 0 Å². The van der Waals surface area contributed by atoms with Crippen molar-refractivity contribution in [3.05, 3.63) is 18.2 Å². The number of hydrogen-bond acceptors (Lipinski definition) is 3. The first-order valence-corrected chi connectivity index (χ1v) is 9.99. The molecule has 0 fully saturated rings. The van der Waals surface area contributed by atoms with E-state index < -0.39 is 8.24 Å². The Bertz CT molecular complexity index is 429. The van der Waals surface area contributed by atoms with Gasteiger partial charge >= 0.3 is 0 Å². The second-order valence-electron chi connectivity index (χ2n) is 5.86. The van der Waals surface area contributed by atoms with Gasteiger partial charge in [-0.25, -0.2) is 4.98 Å². The van der Waals surface area contributed by atoms with Crippen molar-refractivity contribution in [1.82, 2.24) is 9.22 Å². The highest BCUT2D eigenvalue weighted by Gasteiger charge is 2.27. The highest BCUT2D eigenvalue weighted by atomic mass is 32.2. The Morgan fingerprint density at radius 2 is 2.06 bits per heavy atom. The Morgan fingerprint density at radius 3 is 2.50 bits per heavy atom. The van der Waals surface area contributed by atoms with E-state index in [1.807, 2.05) is 18.1 Å². The highest BCUT2D eigenvalue weighted by molar-refractivity contribution is 8.14. The quantitative estimate of drug-likeness (QED) is 0.759. The SMILES string of the molecule is CC1(C)CSC(c2cn([Si](C)(C)C)cn2)=N1. The third-order valence-electron chi connectivity index (χ3n) is 2.54. The van der Waals surface area contributed by atoms with Crippen LogP contribution in [0.5, 0.6) is 0 Å². The minimum Gasteiger partial charge on any atom is -0.365 e. The lowest BCUT2D eigenvalue weighted by molar-refractivity contribution is 0.605. The van der Waals surface area contributed by atoms with Crippen LogP contribution >= 0.6 is 11.8 Å². The van der Waals surface area contributed by atoms with Crippen molar-refractivity contribution in [2.75, 3.05) is 5.75 Å². The minimum absolute atomic E-state index is 0.0724. The van der Waals surface area contributed by atoms with Crippen LogP contribution in [0.15, 0.2) is 17.5 Å². The summed E-state index contributed by atoms with van der Waals surface area (Å²) in [6, 6.07) is 0. The summed E-state index contributed by atoms with van der Waals surface area (Å²) in [5, 5.41) is 1.10. The Hall–Kier alpha value is -0.553. The lowest BCUT2D eigenvalue weighted by Gasteiger charge is -2.16. The summed E-state index contributed by atoms with van der Waals surface area (Å²) in [4.78, 5) is 9.18. The maximum Gasteiger partial charge on any atom is 0.154 e. The Morgan fingerprint density at radius 1 is 1.38 bits per heavy atom. The van der Waals surface area contributed by atoms with Gasteiger partial charge in [0.25, 0.3) is 0 Å². The van der Waals surface area contributed by atoms with Crippen molar-refractivity contribution in [1.29, 1.82) is 0 Å². The molecule has 2 heterocycles. The molecule has 0 saturated heterocycles. The summed E-state index contributed by atoms with van der Waals surface area (Å²) >= 11 is 1.82. The first kappa shape index (κ1) is 11.9. The van der Waals surface area contributed by atoms with Gasteiger partial charge in [-0.2, -0.15) is 0 Å². The van der Waals surface area contributed by atoms with E-state index in [4.69, 9.17) is 4.99 Å². The van der Waals surface area contributed by atoms with Gasteiger partial charge in [0, 0.05) is 11.9 Å². The van der Waals surface area contributed by atoms with Crippen molar-refractivity contribution in [3.8, 4) is 0 Å². The predicted molar refractivity (Wildman–Crippen MR) is 74.0 cm³/mol. The van der Waals surface area contributed by atoms with E-state index in [1.165, 1.54) is 0 Å². The standard InChI is InChI=1S/C11H19N3SSi/c1-11(2)7-15-10(13-11)9-6-14(8-12-9)16(3,4)5/h6,8H,7H2,1-5H3. The van der Waals surface area contributed by atoms with Crippen LogP contribution < -0.4 is 0 Å². The monoisotopic (exact) mass is 253 g/mol. The van der Waals surface area contributed by atoms with Gasteiger partial charge in [0.05, 0.1) is 11.9 Å². The Labute approximate surface area is 102 Å². The predicted octanol–water partition coefficient (Wildman–Crippen LogP) is 2.84. The lowest BCUT2D eigenvalue weighted by Crippen LogP contribution is -2.30. The van der Waals surface area contributed by atoms with Crippen LogP contribution in [0.3, 0.4) is 0 Å². The molecule has 1 aromatic heterocycles. The molecule has 1 aromatic rings. The van der Waals surface area contributed by atoms with Crippen LogP contribution in [0.1, 0.15) is 19.5 Å². The first-order valence-electron chi connectivity index (χ1n) is 5.55. The summed E-state index contributed by atoms with van der Waals surface area (Å²) in [7, 11) is -1.31. The molecule has 1 aliphatic rings. The second-order valence-corrected chi connectivity index (χ2v) is 11.7. The molecule has 0 unspecified atom stereocenters. The van der Waals surface area contributed by atoms with Gasteiger partial charge in [-0.05, 0) is 13.8 Å². The molecule has 0 spiro atoms. The summed E-state index contributed by atoms with van der Waals surface area (Å²) in [5.41, 5.74) is 1.11. The van der Waals surface area contributed by atoms with Crippen molar-refractivity contribution in [2.24, 2.45) is 4.99 Å². The van der Waals surface area contributed by atoms with Crippen LogP contribution in [0.4, 0.5) is 0 Å². The fourth-order valence-corrected chi connectivity index (χ4v) is 3.55. The summed E-state index contributed by atoms with van der Waals surface area (Å²) < 4.78 is 2.27. The number of aromatic nitrogens is 2. The van der Waals surface area contributed by atoms with Crippen LogP contribution in [-0.2, 0) is 0 Å². The molecule has 0 aliphatic carbocycles. The number of hydrogen-bond donors (Lipinski definition) is 0. The zero-order chi connectivity index (χ0) is 12.0. The molecular formula is C11H19N3SSi. The average Bonchev–Trinajstić information content (AvgIpc) is 2.68. The molecule has 0 N–H and O–H groups in total. The van der Waals surface area contributed by atoms with E-state index in [1.54, 1.807) is 0 Å². The van der Waals surface area contributed by atoms with E-state index in [-0.39, 0.29) is 5.54 Å². The normalized spacial score (nSPS) is 19.9. The molecule has 3 nitrogen and oxygen atoms in total. The van der Waals surface area contributed by atoms with Crippen LogP contribution in [0, 0.1) is 0 Å². The van der Waals surface area contributed by atoms with Gasteiger partial charge in [-0.15, -0.1) is 11.8 Å². The molecule has 0 saturated carbocycles. The minimum atomic E-state index is -1.31. The Balaban J connectivity index is 2.27. The average molecular weight is 253 g/mol. The third-order valence-corrected chi connectivity index (χ3v) is 5.76. The molecule has 88 valence electrons. The van der Waals surface area contributed by atoms with Crippen molar-refractivity contribution in [2.45, 2.75) is 39.0 Å². The van der Waals surface area contributed by atoms with Gasteiger partial charge in [0.2, 0.25) is 0 Å². The maximum atomic E-state index is 4.71. The van der Waals surface area contributed by atoms with Crippen LogP contribution in [-0.4, -0.2) is 33.8 Å². The molecule has 2 rings (SSSR count). The fraction of sp³-hybridized carbons (Fsp3) is 0.636. The van der Waals surface area contributed by atoms with E-state index in [2.05, 4.69) is 48.9 Å². The van der Waals surface area contributed by atoms with Crippen molar-refractivity contribution >= 4 is 25.0 Å². The zero-order valence-corrected chi connectivity index (χ0v) is 12.4. The molecular weight excluding hydrogens is 234 g/mol. The first-order chi connectivity index (χ1) is 7.28. The largest absolute Gasteiger partial charge is 0.365 e. The third kappa shape index (κ3) is 2.40. The second kappa shape index (κ2) is 3.73. The molecule has 0 amide bonds. The van der Waals surface area contributed by atoms with Gasteiger partial charge < -0.3 is 4.23 Å². The number of nitrogens with zero attached hydrogens (tertiary/aromatic N) is 3. The van der Waals surface area contributed by atoms with Crippen molar-refractivity contribution in [3.63, 3.8) is 0 Å². The van der Waals surface area contributed by atoms with E-state index in [0.717, 1.165) is 16.5 Å². The fourth-order valence-electron chi connectivity index (χ4n) is 1.52. The topological polar surface area (TPSA) is 30.2 Å². The lowest BCUT2D eigenvalue weighted by atomic mass is 10.1. The Kier molecular flexibility index (Phi) is 2.78. The number of imidazole rings is 1. The van der Waals surface area contributed by atoms with Crippen LogP contribution in [0.2, 0.25) is 19.6 Å². The zero-order valence-electron chi connectivity index (χ0n) is 10.6. The van der Waals surface area contributed by atoms with Gasteiger partial charge in [0.15, 0.2) is 8.24 Å². The summed E-state index contributed by atoms with van der Waals surface area (Å²) in [6.45, 7) is 11.3. The van der Waals surface area contributed by atoms with E-state index in [9.17, 15) is 0 Å². The smallest absolute Gasteiger partial charge is 0.154 e. The van der Waals surface area contributed by atoms with Gasteiger partial charge in [0.1, 0.15) is 10.7 Å². The molecule has 0 atom stereocenters. The number of thioether (sulfide) groups is 1. The van der Waals surface area contributed by atoms with Gasteiger partial charge in [-0.1, -0.05) is 19.6 Å². The number of aliphatic imine (C=N–C) groups is 1. The molecule has 5 heteroatoms.